The maximum absolute atomic E-state index is 6.14. The molecule has 4 rings (SSSR count). The number of hydrogen-bond acceptors (Lipinski definition) is 3. The minimum atomic E-state index is 0.109. The molecule has 1 spiro atoms. The summed E-state index contributed by atoms with van der Waals surface area (Å²) in [6.07, 6.45) is 5.45. The number of amidine groups is 1. The Morgan fingerprint density at radius 3 is 2.84 bits per heavy atom. The number of benzene rings is 1. The van der Waals surface area contributed by atoms with Crippen molar-refractivity contribution in [2.45, 2.75) is 25.8 Å². The SMILES string of the molecule is Cn1cc2c(n1)NC(=NCc1ccc(Cl)c(Cl)c1)C1(CCSCC1)C2. The third-order valence-electron chi connectivity index (χ3n) is 5.03. The molecule has 25 heavy (non-hydrogen) atoms. The van der Waals surface area contributed by atoms with Crippen LogP contribution in [0.25, 0.3) is 0 Å². The van der Waals surface area contributed by atoms with Gasteiger partial charge < -0.3 is 5.32 Å². The Labute approximate surface area is 162 Å². The van der Waals surface area contributed by atoms with Gasteiger partial charge in [0.05, 0.1) is 16.6 Å². The quantitative estimate of drug-likeness (QED) is 0.794. The van der Waals surface area contributed by atoms with Crippen molar-refractivity contribution in [2.75, 3.05) is 16.8 Å². The number of aromatic nitrogens is 2. The van der Waals surface area contributed by atoms with Gasteiger partial charge in [0.2, 0.25) is 0 Å². The molecule has 0 saturated carbocycles. The highest BCUT2D eigenvalue weighted by Crippen LogP contribution is 2.43. The summed E-state index contributed by atoms with van der Waals surface area (Å²) in [5.74, 6) is 4.39. The normalized spacial score (nSPS) is 20.5. The summed E-state index contributed by atoms with van der Waals surface area (Å²) in [5.41, 5.74) is 2.47. The predicted molar refractivity (Wildman–Crippen MR) is 107 cm³/mol. The Hall–Kier alpha value is -1.17. The van der Waals surface area contributed by atoms with Crippen molar-refractivity contribution < 1.29 is 0 Å². The number of aliphatic imine (C=N–C) groups is 1. The van der Waals surface area contributed by atoms with Crippen LogP contribution in [0.2, 0.25) is 10.0 Å². The van der Waals surface area contributed by atoms with E-state index in [1.54, 1.807) is 0 Å². The molecule has 1 saturated heterocycles. The fourth-order valence-corrected chi connectivity index (χ4v) is 5.25. The maximum Gasteiger partial charge on any atom is 0.156 e. The third-order valence-corrected chi connectivity index (χ3v) is 6.75. The molecule has 2 aromatic rings. The van der Waals surface area contributed by atoms with Gasteiger partial charge in [-0.2, -0.15) is 16.9 Å². The number of nitrogens with zero attached hydrogens (tertiary/aromatic N) is 3. The molecule has 1 aromatic heterocycles. The van der Waals surface area contributed by atoms with Crippen LogP contribution in [-0.2, 0) is 20.0 Å². The Kier molecular flexibility index (Phi) is 4.73. The lowest BCUT2D eigenvalue weighted by Crippen LogP contribution is -2.44. The van der Waals surface area contributed by atoms with E-state index in [1.165, 1.54) is 17.1 Å². The maximum atomic E-state index is 6.14. The van der Waals surface area contributed by atoms with E-state index < -0.39 is 0 Å². The van der Waals surface area contributed by atoms with Crippen LogP contribution in [-0.4, -0.2) is 27.1 Å². The van der Waals surface area contributed by atoms with E-state index in [0.717, 1.165) is 36.5 Å². The first kappa shape index (κ1) is 17.3. The standard InChI is InChI=1S/C18H20Cl2N4S/c1-24-11-13-9-18(4-6-25-7-5-18)17(22-16(13)23-24)21-10-12-2-3-14(19)15(20)8-12/h2-3,8,11H,4-7,9-10H2,1H3,(H,21,22,23). The van der Waals surface area contributed by atoms with Crippen LogP contribution in [0.3, 0.4) is 0 Å². The molecular weight excluding hydrogens is 375 g/mol. The molecule has 1 fully saturated rings. The van der Waals surface area contributed by atoms with E-state index in [9.17, 15) is 0 Å². The Morgan fingerprint density at radius 1 is 1.28 bits per heavy atom. The summed E-state index contributed by atoms with van der Waals surface area (Å²) >= 11 is 14.2. The number of halogens is 2. The predicted octanol–water partition coefficient (Wildman–Crippen LogP) is 4.81. The topological polar surface area (TPSA) is 42.2 Å². The molecule has 0 bridgehead atoms. The highest BCUT2D eigenvalue weighted by atomic mass is 35.5. The largest absolute Gasteiger partial charge is 0.327 e. The Bertz CT molecular complexity index is 824. The number of rotatable bonds is 2. The summed E-state index contributed by atoms with van der Waals surface area (Å²) in [4.78, 5) is 4.95. The van der Waals surface area contributed by atoms with Crippen molar-refractivity contribution in [1.82, 2.24) is 9.78 Å². The van der Waals surface area contributed by atoms with Gasteiger partial charge in [0, 0.05) is 24.2 Å². The highest BCUT2D eigenvalue weighted by Gasteiger charge is 2.42. The Balaban J connectivity index is 1.65. The second kappa shape index (κ2) is 6.86. The average molecular weight is 395 g/mol. The summed E-state index contributed by atoms with van der Waals surface area (Å²) in [5, 5.41) is 9.22. The molecule has 1 N–H and O–H groups in total. The zero-order valence-corrected chi connectivity index (χ0v) is 16.4. The third kappa shape index (κ3) is 3.42. The van der Waals surface area contributed by atoms with Gasteiger partial charge in [0.25, 0.3) is 0 Å². The minimum absolute atomic E-state index is 0.109. The summed E-state index contributed by atoms with van der Waals surface area (Å²) < 4.78 is 1.88. The smallest absolute Gasteiger partial charge is 0.156 e. The lowest BCUT2D eigenvalue weighted by atomic mass is 9.74. The number of thioether (sulfide) groups is 1. The first-order chi connectivity index (χ1) is 12.1. The summed E-state index contributed by atoms with van der Waals surface area (Å²) in [7, 11) is 1.97. The number of fused-ring (bicyclic) bond motifs is 1. The lowest BCUT2D eigenvalue weighted by Gasteiger charge is -2.41. The van der Waals surface area contributed by atoms with Crippen LogP contribution in [0.1, 0.15) is 24.0 Å². The van der Waals surface area contributed by atoms with E-state index in [4.69, 9.17) is 28.2 Å². The van der Waals surface area contributed by atoms with Crippen LogP contribution in [0.4, 0.5) is 5.82 Å². The monoisotopic (exact) mass is 394 g/mol. The molecule has 4 nitrogen and oxygen atoms in total. The number of hydrogen-bond donors (Lipinski definition) is 1. The lowest BCUT2D eigenvalue weighted by molar-refractivity contribution is 0.377. The zero-order valence-electron chi connectivity index (χ0n) is 14.1. The number of aryl methyl sites for hydroxylation is 1. The van der Waals surface area contributed by atoms with Gasteiger partial charge in [-0.1, -0.05) is 29.3 Å². The molecule has 0 unspecified atom stereocenters. The molecule has 0 aliphatic carbocycles. The van der Waals surface area contributed by atoms with E-state index in [2.05, 4.69) is 16.6 Å². The van der Waals surface area contributed by atoms with E-state index in [1.807, 2.05) is 41.7 Å². The van der Waals surface area contributed by atoms with Gasteiger partial charge in [-0.15, -0.1) is 0 Å². The van der Waals surface area contributed by atoms with Crippen molar-refractivity contribution >= 4 is 46.6 Å². The number of anilines is 1. The van der Waals surface area contributed by atoms with Gasteiger partial charge in [0.1, 0.15) is 5.84 Å². The van der Waals surface area contributed by atoms with Crippen LogP contribution >= 0.6 is 35.0 Å². The first-order valence-electron chi connectivity index (χ1n) is 8.42. The van der Waals surface area contributed by atoms with Gasteiger partial charge in [-0.3, -0.25) is 9.67 Å². The highest BCUT2D eigenvalue weighted by molar-refractivity contribution is 7.99. The van der Waals surface area contributed by atoms with E-state index in [0.29, 0.717) is 16.6 Å². The molecule has 3 heterocycles. The van der Waals surface area contributed by atoms with Gasteiger partial charge in [-0.25, -0.2) is 0 Å². The van der Waals surface area contributed by atoms with Gasteiger partial charge in [0.15, 0.2) is 5.82 Å². The molecule has 0 radical (unpaired) electrons. The van der Waals surface area contributed by atoms with Crippen LogP contribution < -0.4 is 5.32 Å². The molecule has 2 aliphatic rings. The van der Waals surface area contributed by atoms with Gasteiger partial charge >= 0.3 is 0 Å². The van der Waals surface area contributed by atoms with Crippen LogP contribution in [0.15, 0.2) is 29.4 Å². The first-order valence-corrected chi connectivity index (χ1v) is 10.3. The van der Waals surface area contributed by atoms with Crippen molar-refractivity contribution in [1.29, 1.82) is 0 Å². The van der Waals surface area contributed by atoms with Crippen molar-refractivity contribution in [3.05, 3.63) is 45.6 Å². The molecule has 0 atom stereocenters. The van der Waals surface area contributed by atoms with Crippen molar-refractivity contribution in [3.8, 4) is 0 Å². The molecule has 2 aliphatic heterocycles. The van der Waals surface area contributed by atoms with Gasteiger partial charge in [-0.05, 0) is 48.5 Å². The molecule has 0 amide bonds. The molecule has 1 aromatic carbocycles. The molecular formula is C18H20Cl2N4S. The zero-order chi connectivity index (χ0) is 17.4. The number of nitrogens with one attached hydrogen (secondary N) is 1. The Morgan fingerprint density at radius 2 is 2.08 bits per heavy atom. The van der Waals surface area contributed by atoms with Crippen molar-refractivity contribution in [2.24, 2.45) is 17.5 Å². The second-order valence-electron chi connectivity index (χ2n) is 6.78. The molecule has 132 valence electrons. The fourth-order valence-electron chi connectivity index (χ4n) is 3.66. The van der Waals surface area contributed by atoms with E-state index >= 15 is 0 Å². The average Bonchev–Trinajstić information content (AvgIpc) is 2.95. The minimum Gasteiger partial charge on any atom is -0.327 e. The van der Waals surface area contributed by atoms with Crippen LogP contribution in [0.5, 0.6) is 0 Å². The fraction of sp³-hybridized carbons (Fsp3) is 0.444. The van der Waals surface area contributed by atoms with E-state index in [-0.39, 0.29) is 5.41 Å². The second-order valence-corrected chi connectivity index (χ2v) is 8.82. The molecule has 7 heteroatoms. The van der Waals surface area contributed by atoms with Crippen molar-refractivity contribution in [3.63, 3.8) is 0 Å². The summed E-state index contributed by atoms with van der Waals surface area (Å²) in [6.45, 7) is 0.594. The summed E-state index contributed by atoms with van der Waals surface area (Å²) in [6, 6.07) is 5.71. The van der Waals surface area contributed by atoms with Crippen LogP contribution in [0, 0.1) is 5.41 Å².